The van der Waals surface area contributed by atoms with Crippen LogP contribution in [0.25, 0.3) is 16.6 Å². The van der Waals surface area contributed by atoms with Crippen molar-refractivity contribution in [1.82, 2.24) is 30.2 Å². The van der Waals surface area contributed by atoms with E-state index in [1.54, 1.807) is 10.9 Å². The zero-order valence-electron chi connectivity index (χ0n) is 14.3. The Morgan fingerprint density at radius 1 is 1.28 bits per heavy atom. The first-order valence-corrected chi connectivity index (χ1v) is 8.45. The molecule has 128 valence electrons. The molecule has 0 radical (unpaired) electrons. The Morgan fingerprint density at radius 2 is 2.12 bits per heavy atom. The van der Waals surface area contributed by atoms with Gasteiger partial charge in [-0.1, -0.05) is 23.4 Å². The highest BCUT2D eigenvalue weighted by Gasteiger charge is 2.28. The molecule has 1 atom stereocenters. The first-order chi connectivity index (χ1) is 12.2. The number of benzene rings is 1. The molecule has 3 aromatic rings. The van der Waals surface area contributed by atoms with Gasteiger partial charge in [0.15, 0.2) is 5.69 Å². The van der Waals surface area contributed by atoms with E-state index in [0.717, 1.165) is 35.4 Å². The predicted octanol–water partition coefficient (Wildman–Crippen LogP) is 1.56. The predicted molar refractivity (Wildman–Crippen MR) is 94.8 cm³/mol. The molecule has 0 unspecified atom stereocenters. The van der Waals surface area contributed by atoms with E-state index >= 15 is 0 Å². The monoisotopic (exact) mass is 336 g/mol. The van der Waals surface area contributed by atoms with E-state index in [1.807, 2.05) is 49.1 Å². The number of amides is 1. The molecule has 4 rings (SSSR count). The lowest BCUT2D eigenvalue weighted by Crippen LogP contribution is -2.52. The normalized spacial score (nSPS) is 17.8. The van der Waals surface area contributed by atoms with Gasteiger partial charge in [-0.05, 0) is 26.0 Å². The van der Waals surface area contributed by atoms with Gasteiger partial charge in [-0.2, -0.15) is 0 Å². The Morgan fingerprint density at radius 3 is 2.96 bits per heavy atom. The first kappa shape index (κ1) is 15.7. The van der Waals surface area contributed by atoms with E-state index in [9.17, 15) is 4.79 Å². The maximum absolute atomic E-state index is 12.9. The van der Waals surface area contributed by atoms with Crippen LogP contribution in [-0.4, -0.2) is 56.5 Å². The Hall–Kier alpha value is -2.80. The Bertz CT molecular complexity index is 929. The van der Waals surface area contributed by atoms with Crippen LogP contribution in [0.1, 0.15) is 23.1 Å². The topological polar surface area (TPSA) is 75.9 Å². The Labute approximate surface area is 145 Å². The molecule has 1 fully saturated rings. The van der Waals surface area contributed by atoms with Gasteiger partial charge in [-0.25, -0.2) is 4.68 Å². The fourth-order valence-corrected chi connectivity index (χ4v) is 3.29. The molecule has 1 saturated heterocycles. The number of piperazine rings is 1. The summed E-state index contributed by atoms with van der Waals surface area (Å²) in [5.74, 6) is -0.0639. The Kier molecular flexibility index (Phi) is 3.93. The van der Waals surface area contributed by atoms with Gasteiger partial charge in [0.05, 0.1) is 16.9 Å². The molecule has 7 nitrogen and oxygen atoms in total. The third-order valence-corrected chi connectivity index (χ3v) is 4.70. The van der Waals surface area contributed by atoms with Crippen molar-refractivity contribution in [3.8, 4) is 5.69 Å². The summed E-state index contributed by atoms with van der Waals surface area (Å²) in [6.45, 7) is 6.20. The molecule has 2 aromatic heterocycles. The van der Waals surface area contributed by atoms with E-state index in [-0.39, 0.29) is 11.9 Å². The molecule has 0 spiro atoms. The molecular formula is C18H20N6O. The average molecular weight is 336 g/mol. The second-order valence-electron chi connectivity index (χ2n) is 6.34. The summed E-state index contributed by atoms with van der Waals surface area (Å²) in [4.78, 5) is 19.2. The molecule has 0 aliphatic carbocycles. The second-order valence-corrected chi connectivity index (χ2v) is 6.34. The minimum absolute atomic E-state index is 0.0639. The fourth-order valence-electron chi connectivity index (χ4n) is 3.29. The quantitative estimate of drug-likeness (QED) is 0.768. The van der Waals surface area contributed by atoms with Crippen molar-refractivity contribution in [2.75, 3.05) is 19.6 Å². The molecule has 1 N–H and O–H groups in total. The van der Waals surface area contributed by atoms with E-state index in [1.165, 1.54) is 0 Å². The van der Waals surface area contributed by atoms with Crippen molar-refractivity contribution in [1.29, 1.82) is 0 Å². The lowest BCUT2D eigenvalue weighted by molar-refractivity contribution is 0.0649. The van der Waals surface area contributed by atoms with Crippen molar-refractivity contribution in [2.24, 2.45) is 0 Å². The molecule has 3 heterocycles. The minimum Gasteiger partial charge on any atom is -0.332 e. The Balaban J connectivity index is 1.75. The van der Waals surface area contributed by atoms with Gasteiger partial charge in [0, 0.05) is 37.3 Å². The van der Waals surface area contributed by atoms with Crippen LogP contribution in [0.4, 0.5) is 0 Å². The van der Waals surface area contributed by atoms with Gasteiger partial charge >= 0.3 is 0 Å². The van der Waals surface area contributed by atoms with E-state index < -0.39 is 0 Å². The van der Waals surface area contributed by atoms with Crippen molar-refractivity contribution in [2.45, 2.75) is 19.9 Å². The van der Waals surface area contributed by atoms with Crippen LogP contribution in [0.2, 0.25) is 0 Å². The highest BCUT2D eigenvalue weighted by atomic mass is 16.2. The third-order valence-electron chi connectivity index (χ3n) is 4.70. The number of pyridine rings is 1. The van der Waals surface area contributed by atoms with Gasteiger partial charge < -0.3 is 10.2 Å². The van der Waals surface area contributed by atoms with Crippen LogP contribution in [0.3, 0.4) is 0 Å². The lowest BCUT2D eigenvalue weighted by Gasteiger charge is -2.33. The molecule has 1 aromatic carbocycles. The summed E-state index contributed by atoms with van der Waals surface area (Å²) in [5.41, 5.74) is 2.80. The molecule has 0 bridgehead atoms. The van der Waals surface area contributed by atoms with Crippen LogP contribution in [0.5, 0.6) is 0 Å². The fraction of sp³-hybridized carbons (Fsp3) is 0.333. The lowest BCUT2D eigenvalue weighted by atomic mass is 10.1. The summed E-state index contributed by atoms with van der Waals surface area (Å²) in [7, 11) is 0. The van der Waals surface area contributed by atoms with Gasteiger partial charge in [0.25, 0.3) is 5.91 Å². The number of nitrogens with one attached hydrogen (secondary N) is 1. The minimum atomic E-state index is -0.0639. The van der Waals surface area contributed by atoms with Crippen molar-refractivity contribution in [3.63, 3.8) is 0 Å². The average Bonchev–Trinajstić information content (AvgIpc) is 3.02. The second kappa shape index (κ2) is 6.25. The zero-order valence-corrected chi connectivity index (χ0v) is 14.3. The number of rotatable bonds is 2. The third kappa shape index (κ3) is 2.66. The number of fused-ring (bicyclic) bond motifs is 1. The largest absolute Gasteiger partial charge is 0.332 e. The van der Waals surface area contributed by atoms with Crippen LogP contribution < -0.4 is 5.32 Å². The molecular weight excluding hydrogens is 316 g/mol. The molecule has 1 aliphatic heterocycles. The number of nitrogens with zero attached hydrogens (tertiary/aromatic N) is 5. The van der Waals surface area contributed by atoms with E-state index in [2.05, 4.69) is 20.6 Å². The highest BCUT2D eigenvalue weighted by molar-refractivity contribution is 5.94. The van der Waals surface area contributed by atoms with Crippen molar-refractivity contribution in [3.05, 3.63) is 47.9 Å². The smallest absolute Gasteiger partial charge is 0.276 e. The SMILES string of the molecule is Cc1c(C(=O)N2CCNC[C@@H]2C)nnn1-c1cccc2cccnc12. The van der Waals surface area contributed by atoms with E-state index in [4.69, 9.17) is 0 Å². The molecule has 0 saturated carbocycles. The van der Waals surface area contributed by atoms with E-state index in [0.29, 0.717) is 12.2 Å². The number of hydrogen-bond acceptors (Lipinski definition) is 5. The zero-order chi connectivity index (χ0) is 17.4. The van der Waals surface area contributed by atoms with Crippen molar-refractivity contribution >= 4 is 16.8 Å². The standard InChI is InChI=1S/C18H20N6O/c1-12-11-19-9-10-23(12)18(25)16-13(2)24(22-21-16)15-7-3-5-14-6-4-8-20-17(14)15/h3-8,12,19H,9-11H2,1-2H3/t12-/m0/s1. The number of para-hydroxylation sites is 1. The number of hydrogen-bond donors (Lipinski definition) is 1. The molecule has 1 aliphatic rings. The molecule has 25 heavy (non-hydrogen) atoms. The summed E-state index contributed by atoms with van der Waals surface area (Å²) >= 11 is 0. The van der Waals surface area contributed by atoms with Crippen LogP contribution in [-0.2, 0) is 0 Å². The van der Waals surface area contributed by atoms with Crippen LogP contribution in [0.15, 0.2) is 36.5 Å². The van der Waals surface area contributed by atoms with Gasteiger partial charge in [-0.3, -0.25) is 9.78 Å². The summed E-state index contributed by atoms with van der Waals surface area (Å²) in [6, 6.07) is 9.96. The number of carbonyl (C=O) groups is 1. The number of carbonyl (C=O) groups excluding carboxylic acids is 1. The van der Waals surface area contributed by atoms with Crippen LogP contribution in [0, 0.1) is 6.92 Å². The highest BCUT2D eigenvalue weighted by Crippen LogP contribution is 2.22. The maximum Gasteiger partial charge on any atom is 0.276 e. The van der Waals surface area contributed by atoms with Gasteiger partial charge in [0.2, 0.25) is 0 Å². The molecule has 7 heteroatoms. The molecule has 1 amide bonds. The van der Waals surface area contributed by atoms with Gasteiger partial charge in [-0.15, -0.1) is 5.10 Å². The van der Waals surface area contributed by atoms with Gasteiger partial charge in [0.1, 0.15) is 0 Å². The maximum atomic E-state index is 12.9. The summed E-state index contributed by atoms with van der Waals surface area (Å²) in [5, 5.41) is 12.7. The first-order valence-electron chi connectivity index (χ1n) is 8.45. The summed E-state index contributed by atoms with van der Waals surface area (Å²) in [6.07, 6.45) is 1.76. The summed E-state index contributed by atoms with van der Waals surface area (Å²) < 4.78 is 1.70. The van der Waals surface area contributed by atoms with Crippen molar-refractivity contribution < 1.29 is 4.79 Å². The number of aromatic nitrogens is 4. The van der Waals surface area contributed by atoms with Crippen LogP contribution >= 0.6 is 0 Å².